The van der Waals surface area contributed by atoms with Crippen molar-refractivity contribution in [1.29, 1.82) is 0 Å². The summed E-state index contributed by atoms with van der Waals surface area (Å²) in [6.45, 7) is 3.34. The molecule has 0 N–H and O–H groups in total. The van der Waals surface area contributed by atoms with Crippen molar-refractivity contribution in [1.82, 2.24) is 0 Å². The number of ether oxygens (including phenoxy) is 1. The summed E-state index contributed by atoms with van der Waals surface area (Å²) in [5, 5.41) is 0.448. The molecule has 0 aliphatic carbocycles. The third-order valence-corrected chi connectivity index (χ3v) is 2.15. The third-order valence-electron chi connectivity index (χ3n) is 1.85. The van der Waals surface area contributed by atoms with E-state index in [0.29, 0.717) is 16.3 Å². The van der Waals surface area contributed by atoms with Crippen LogP contribution in [-0.4, -0.2) is 12.9 Å². The van der Waals surface area contributed by atoms with Crippen LogP contribution >= 0.6 is 11.6 Å². The first-order valence-corrected chi connectivity index (χ1v) is 4.29. The molecule has 0 aromatic heterocycles. The molecule has 2 nitrogen and oxygen atoms in total. The number of rotatable bonds is 2. The van der Waals surface area contributed by atoms with E-state index in [-0.39, 0.29) is 5.78 Å². The van der Waals surface area contributed by atoms with E-state index >= 15 is 0 Å². The molecular formula is C10H11ClO2. The monoisotopic (exact) mass is 198 g/mol. The van der Waals surface area contributed by atoms with Gasteiger partial charge in [-0.15, -0.1) is 0 Å². The molecule has 1 rings (SSSR count). The van der Waals surface area contributed by atoms with Gasteiger partial charge in [-0.05, 0) is 31.5 Å². The SMILES string of the molecule is COc1cc(C)c(C(C)=O)c(Cl)c1. The lowest BCUT2D eigenvalue weighted by Gasteiger charge is -2.07. The highest BCUT2D eigenvalue weighted by Crippen LogP contribution is 2.26. The van der Waals surface area contributed by atoms with Gasteiger partial charge in [-0.3, -0.25) is 4.79 Å². The number of hydrogen-bond acceptors (Lipinski definition) is 2. The molecule has 0 atom stereocenters. The van der Waals surface area contributed by atoms with E-state index in [1.807, 2.05) is 6.92 Å². The standard InChI is InChI=1S/C10H11ClO2/c1-6-4-8(13-3)5-9(11)10(6)7(2)12/h4-5H,1-3H3. The maximum Gasteiger partial charge on any atom is 0.161 e. The van der Waals surface area contributed by atoms with Gasteiger partial charge in [0.05, 0.1) is 12.1 Å². The first kappa shape index (κ1) is 10.1. The number of hydrogen-bond donors (Lipinski definition) is 0. The van der Waals surface area contributed by atoms with Gasteiger partial charge in [0.2, 0.25) is 0 Å². The minimum atomic E-state index is -0.0230. The van der Waals surface area contributed by atoms with Crippen molar-refractivity contribution in [3.8, 4) is 5.75 Å². The molecule has 0 aliphatic heterocycles. The van der Waals surface area contributed by atoms with Gasteiger partial charge in [-0.25, -0.2) is 0 Å². The van der Waals surface area contributed by atoms with Crippen LogP contribution in [0.4, 0.5) is 0 Å². The number of halogens is 1. The maximum absolute atomic E-state index is 11.2. The predicted molar refractivity (Wildman–Crippen MR) is 52.7 cm³/mol. The van der Waals surface area contributed by atoms with Crippen molar-refractivity contribution in [3.63, 3.8) is 0 Å². The van der Waals surface area contributed by atoms with Gasteiger partial charge >= 0.3 is 0 Å². The minimum Gasteiger partial charge on any atom is -0.497 e. The zero-order valence-corrected chi connectivity index (χ0v) is 8.61. The maximum atomic E-state index is 11.2. The molecule has 0 saturated carbocycles. The molecule has 0 saturated heterocycles. The molecule has 0 heterocycles. The second-order valence-electron chi connectivity index (χ2n) is 2.86. The van der Waals surface area contributed by atoms with Gasteiger partial charge in [0.25, 0.3) is 0 Å². The van der Waals surface area contributed by atoms with Gasteiger partial charge in [-0.2, -0.15) is 0 Å². The summed E-state index contributed by atoms with van der Waals surface area (Å²) in [5.74, 6) is 0.651. The zero-order valence-electron chi connectivity index (χ0n) is 7.85. The second-order valence-corrected chi connectivity index (χ2v) is 3.26. The topological polar surface area (TPSA) is 26.3 Å². The van der Waals surface area contributed by atoms with E-state index in [0.717, 1.165) is 5.56 Å². The Bertz CT molecular complexity index is 322. The lowest BCUT2D eigenvalue weighted by atomic mass is 10.1. The molecule has 0 bridgehead atoms. The first-order chi connectivity index (χ1) is 6.06. The Kier molecular flexibility index (Phi) is 2.94. The van der Waals surface area contributed by atoms with E-state index < -0.39 is 0 Å². The Hall–Kier alpha value is -1.02. The molecule has 0 fully saturated rings. The summed E-state index contributed by atoms with van der Waals surface area (Å²) in [6.07, 6.45) is 0. The Morgan fingerprint density at radius 2 is 2.08 bits per heavy atom. The van der Waals surface area contributed by atoms with Gasteiger partial charge in [-0.1, -0.05) is 11.6 Å². The number of carbonyl (C=O) groups is 1. The van der Waals surface area contributed by atoms with Crippen LogP contribution in [0.15, 0.2) is 12.1 Å². The highest BCUT2D eigenvalue weighted by Gasteiger charge is 2.10. The van der Waals surface area contributed by atoms with Crippen LogP contribution < -0.4 is 4.74 Å². The van der Waals surface area contributed by atoms with Crippen LogP contribution in [0.3, 0.4) is 0 Å². The molecule has 13 heavy (non-hydrogen) atoms. The van der Waals surface area contributed by atoms with Gasteiger partial charge in [0, 0.05) is 5.56 Å². The Labute approximate surface area is 82.5 Å². The number of carbonyl (C=O) groups excluding carboxylic acids is 1. The Balaban J connectivity index is 3.31. The van der Waals surface area contributed by atoms with E-state index in [1.54, 1.807) is 19.2 Å². The van der Waals surface area contributed by atoms with Crippen molar-refractivity contribution in [2.45, 2.75) is 13.8 Å². The van der Waals surface area contributed by atoms with Crippen molar-refractivity contribution in [2.75, 3.05) is 7.11 Å². The van der Waals surface area contributed by atoms with Crippen LogP contribution in [0, 0.1) is 6.92 Å². The normalized spacial score (nSPS) is 9.85. The summed E-state index contributed by atoms with van der Waals surface area (Å²) in [5.41, 5.74) is 1.42. The second kappa shape index (κ2) is 3.79. The molecule has 0 aliphatic rings. The summed E-state index contributed by atoms with van der Waals surface area (Å²) in [7, 11) is 1.57. The summed E-state index contributed by atoms with van der Waals surface area (Å²) in [4.78, 5) is 11.2. The zero-order chi connectivity index (χ0) is 10.0. The van der Waals surface area contributed by atoms with Crippen molar-refractivity contribution < 1.29 is 9.53 Å². The summed E-state index contributed by atoms with van der Waals surface area (Å²) in [6, 6.07) is 3.44. The van der Waals surface area contributed by atoms with Crippen LogP contribution in [0.5, 0.6) is 5.75 Å². The predicted octanol–water partition coefficient (Wildman–Crippen LogP) is 2.86. The van der Waals surface area contributed by atoms with Crippen LogP contribution in [0.25, 0.3) is 0 Å². The Morgan fingerprint density at radius 1 is 1.46 bits per heavy atom. The molecule has 0 unspecified atom stereocenters. The van der Waals surface area contributed by atoms with E-state index in [9.17, 15) is 4.79 Å². The van der Waals surface area contributed by atoms with Crippen LogP contribution in [-0.2, 0) is 0 Å². The number of ketones is 1. The smallest absolute Gasteiger partial charge is 0.161 e. The number of aryl methyl sites for hydroxylation is 1. The first-order valence-electron chi connectivity index (χ1n) is 3.91. The highest BCUT2D eigenvalue weighted by atomic mass is 35.5. The number of methoxy groups -OCH3 is 1. The fourth-order valence-corrected chi connectivity index (χ4v) is 1.67. The van der Waals surface area contributed by atoms with Gasteiger partial charge in [0.15, 0.2) is 5.78 Å². The van der Waals surface area contributed by atoms with Crippen molar-refractivity contribution >= 4 is 17.4 Å². The fourth-order valence-electron chi connectivity index (χ4n) is 1.28. The van der Waals surface area contributed by atoms with E-state index in [1.165, 1.54) is 6.92 Å². The lowest BCUT2D eigenvalue weighted by Crippen LogP contribution is -1.98. The molecule has 0 spiro atoms. The van der Waals surface area contributed by atoms with Gasteiger partial charge in [0.1, 0.15) is 5.75 Å². The quantitative estimate of drug-likeness (QED) is 0.684. The molecule has 0 radical (unpaired) electrons. The fraction of sp³-hybridized carbons (Fsp3) is 0.300. The van der Waals surface area contributed by atoms with Crippen molar-refractivity contribution in [3.05, 3.63) is 28.3 Å². The van der Waals surface area contributed by atoms with Crippen molar-refractivity contribution in [2.24, 2.45) is 0 Å². The molecule has 70 valence electrons. The average Bonchev–Trinajstić information content (AvgIpc) is 2.02. The van der Waals surface area contributed by atoms with E-state index in [2.05, 4.69) is 0 Å². The third kappa shape index (κ3) is 2.01. The summed E-state index contributed by atoms with van der Waals surface area (Å²) >= 11 is 5.91. The largest absolute Gasteiger partial charge is 0.497 e. The molecular weight excluding hydrogens is 188 g/mol. The number of benzene rings is 1. The lowest BCUT2D eigenvalue weighted by molar-refractivity contribution is 0.101. The average molecular weight is 199 g/mol. The van der Waals surface area contributed by atoms with Crippen LogP contribution in [0.2, 0.25) is 5.02 Å². The van der Waals surface area contributed by atoms with Crippen LogP contribution in [0.1, 0.15) is 22.8 Å². The number of Topliss-reactive ketones (excluding diaryl/α,β-unsaturated/α-hetero) is 1. The molecule has 1 aromatic carbocycles. The Morgan fingerprint density at radius 3 is 2.46 bits per heavy atom. The molecule has 1 aromatic rings. The minimum absolute atomic E-state index is 0.0230. The highest BCUT2D eigenvalue weighted by molar-refractivity contribution is 6.34. The molecule has 3 heteroatoms. The van der Waals surface area contributed by atoms with E-state index in [4.69, 9.17) is 16.3 Å². The van der Waals surface area contributed by atoms with Gasteiger partial charge < -0.3 is 4.74 Å². The molecule has 0 amide bonds. The summed E-state index contributed by atoms with van der Waals surface area (Å²) < 4.78 is 5.01.